The molecule has 0 spiro atoms. The van der Waals surface area contributed by atoms with Crippen LogP contribution in [0.3, 0.4) is 0 Å². The quantitative estimate of drug-likeness (QED) is 0.747. The van der Waals surface area contributed by atoms with E-state index in [0.717, 1.165) is 0 Å². The smallest absolute Gasteiger partial charge is 0.406 e. The lowest BCUT2D eigenvalue weighted by Gasteiger charge is -2.18. The number of carbonyl (C=O) groups is 2. The number of nitrogen functional groups attached to an aromatic ring is 1. The number of nitrogens with zero attached hydrogens (tertiary/aromatic N) is 4. The van der Waals surface area contributed by atoms with E-state index in [1.165, 1.54) is 17.9 Å². The van der Waals surface area contributed by atoms with E-state index in [2.05, 4.69) is 20.5 Å². The molecule has 0 saturated heterocycles. The number of azo groups is 1. The van der Waals surface area contributed by atoms with Crippen LogP contribution < -0.4 is 15.8 Å². The van der Waals surface area contributed by atoms with Gasteiger partial charge in [-0.1, -0.05) is 18.2 Å². The molecular weight excluding hydrogens is 348 g/mol. The molecule has 3 N–H and O–H groups in total. The summed E-state index contributed by atoms with van der Waals surface area (Å²) < 4.78 is 5.33. The van der Waals surface area contributed by atoms with Crippen LogP contribution in [0.1, 0.15) is 20.8 Å². The number of ether oxygens (including phenoxy) is 1. The van der Waals surface area contributed by atoms with Crippen molar-refractivity contribution in [3.8, 4) is 5.75 Å². The van der Waals surface area contributed by atoms with Gasteiger partial charge in [-0.05, 0) is 26.0 Å². The topological polar surface area (TPSA) is 122 Å². The molecule has 0 bridgehead atoms. The van der Waals surface area contributed by atoms with Crippen LogP contribution in [0.15, 0.2) is 46.6 Å². The normalized spacial score (nSPS) is 10.6. The predicted molar refractivity (Wildman–Crippen MR) is 103 cm³/mol. The minimum atomic E-state index is -0.549. The number of carbonyl (C=O) groups excluding carboxylic acids is 2. The number of nitrogens with one attached hydrogen (secondary N) is 1. The Morgan fingerprint density at radius 3 is 2.44 bits per heavy atom. The zero-order chi connectivity index (χ0) is 19.8. The van der Waals surface area contributed by atoms with E-state index < -0.39 is 6.09 Å². The zero-order valence-corrected chi connectivity index (χ0v) is 15.5. The Bertz CT molecular complexity index is 834. The summed E-state index contributed by atoms with van der Waals surface area (Å²) in [6.07, 6.45) is -0.549. The van der Waals surface area contributed by atoms with Gasteiger partial charge in [0.15, 0.2) is 17.4 Å². The van der Waals surface area contributed by atoms with Crippen molar-refractivity contribution in [1.29, 1.82) is 0 Å². The van der Waals surface area contributed by atoms with Gasteiger partial charge >= 0.3 is 6.09 Å². The third-order valence-electron chi connectivity index (χ3n) is 3.54. The average Bonchev–Trinajstić information content (AvgIpc) is 2.64. The van der Waals surface area contributed by atoms with Crippen LogP contribution in [-0.2, 0) is 4.79 Å². The van der Waals surface area contributed by atoms with Crippen LogP contribution in [0, 0.1) is 0 Å². The molecule has 0 aliphatic heterocycles. The second-order valence-electron chi connectivity index (χ2n) is 5.50. The van der Waals surface area contributed by atoms with Crippen LogP contribution in [0.25, 0.3) is 0 Å². The maximum Gasteiger partial charge on any atom is 0.415 e. The van der Waals surface area contributed by atoms with Gasteiger partial charge in [0.1, 0.15) is 5.69 Å². The van der Waals surface area contributed by atoms with Crippen molar-refractivity contribution in [3.05, 3.63) is 36.4 Å². The molecule has 1 aromatic heterocycles. The summed E-state index contributed by atoms with van der Waals surface area (Å²) >= 11 is 0. The molecule has 0 unspecified atom stereocenters. The molecule has 142 valence electrons. The zero-order valence-electron chi connectivity index (χ0n) is 15.5. The lowest BCUT2D eigenvalue weighted by molar-refractivity contribution is -0.114. The molecule has 2 rings (SSSR count). The SMILES string of the molecule is CCN(CC)C(=O)Oc1cc(/N=N/c2ccccc2)c(NC(C)=O)nc1N. The van der Waals surface area contributed by atoms with E-state index >= 15 is 0 Å². The molecule has 9 nitrogen and oxygen atoms in total. The first-order valence-electron chi connectivity index (χ1n) is 8.46. The summed E-state index contributed by atoms with van der Waals surface area (Å²) in [5.74, 6) is -0.214. The van der Waals surface area contributed by atoms with Crippen molar-refractivity contribution in [3.63, 3.8) is 0 Å². The molecular formula is C18H22N6O3. The molecule has 1 heterocycles. The lowest BCUT2D eigenvalue weighted by atomic mass is 10.3. The van der Waals surface area contributed by atoms with Crippen molar-refractivity contribution in [2.45, 2.75) is 20.8 Å². The van der Waals surface area contributed by atoms with Gasteiger partial charge in [0.05, 0.1) is 5.69 Å². The summed E-state index contributed by atoms with van der Waals surface area (Å²) in [7, 11) is 0. The molecule has 0 aliphatic carbocycles. The minimum Gasteiger partial charge on any atom is -0.406 e. The number of rotatable bonds is 6. The molecule has 0 fully saturated rings. The Kier molecular flexibility index (Phi) is 6.81. The Hall–Kier alpha value is -3.49. The van der Waals surface area contributed by atoms with Gasteiger partial charge < -0.3 is 20.7 Å². The van der Waals surface area contributed by atoms with Crippen LogP contribution in [0.5, 0.6) is 5.75 Å². The first-order valence-corrected chi connectivity index (χ1v) is 8.46. The number of nitrogens with two attached hydrogens (primary N) is 1. The lowest BCUT2D eigenvalue weighted by Crippen LogP contribution is -2.33. The third kappa shape index (κ3) is 5.50. The van der Waals surface area contributed by atoms with Crippen LogP contribution in [0.4, 0.5) is 27.8 Å². The number of amides is 2. The van der Waals surface area contributed by atoms with Gasteiger partial charge in [0.2, 0.25) is 5.91 Å². The van der Waals surface area contributed by atoms with E-state index in [1.54, 1.807) is 12.1 Å². The van der Waals surface area contributed by atoms with E-state index in [-0.39, 0.29) is 29.0 Å². The van der Waals surface area contributed by atoms with E-state index in [1.807, 2.05) is 32.0 Å². The van der Waals surface area contributed by atoms with Gasteiger partial charge in [-0.2, -0.15) is 5.11 Å². The minimum absolute atomic E-state index is 0.0436. The van der Waals surface area contributed by atoms with Gasteiger partial charge in [-0.3, -0.25) is 4.79 Å². The van der Waals surface area contributed by atoms with Gasteiger partial charge in [-0.15, -0.1) is 5.11 Å². The summed E-state index contributed by atoms with van der Waals surface area (Å²) in [5, 5.41) is 10.8. The van der Waals surface area contributed by atoms with Crippen molar-refractivity contribution in [2.24, 2.45) is 10.2 Å². The highest BCUT2D eigenvalue weighted by Gasteiger charge is 2.18. The fourth-order valence-electron chi connectivity index (χ4n) is 2.16. The maximum atomic E-state index is 12.2. The Labute approximate surface area is 157 Å². The van der Waals surface area contributed by atoms with E-state index in [4.69, 9.17) is 10.5 Å². The van der Waals surface area contributed by atoms with Crippen LogP contribution >= 0.6 is 0 Å². The predicted octanol–water partition coefficient (Wildman–Crippen LogP) is 3.88. The summed E-state index contributed by atoms with van der Waals surface area (Å²) in [6.45, 7) is 6.00. The molecule has 0 atom stereocenters. The summed E-state index contributed by atoms with van der Waals surface area (Å²) in [6, 6.07) is 10.5. The number of hydrogen-bond donors (Lipinski definition) is 2. The van der Waals surface area contributed by atoms with Crippen LogP contribution in [-0.4, -0.2) is 35.0 Å². The standard InChI is InChI=1S/C18H22N6O3/c1-4-24(5-2)18(26)27-15-11-14(17(20-12(3)25)21-16(15)19)23-22-13-9-7-6-8-10-13/h6-11H,4-5H2,1-3H3,(H3,19,20,21,25)/b23-22+. The monoisotopic (exact) mass is 370 g/mol. The van der Waals surface area contributed by atoms with Crippen molar-refractivity contribution in [1.82, 2.24) is 9.88 Å². The molecule has 2 amide bonds. The average molecular weight is 370 g/mol. The first kappa shape index (κ1) is 19.8. The van der Waals surface area contributed by atoms with Crippen molar-refractivity contribution in [2.75, 3.05) is 24.1 Å². The highest BCUT2D eigenvalue weighted by molar-refractivity contribution is 5.91. The van der Waals surface area contributed by atoms with E-state index in [9.17, 15) is 9.59 Å². The second kappa shape index (κ2) is 9.27. The largest absolute Gasteiger partial charge is 0.415 e. The van der Waals surface area contributed by atoms with Gasteiger partial charge in [0.25, 0.3) is 0 Å². The number of aromatic nitrogens is 1. The highest BCUT2D eigenvalue weighted by Crippen LogP contribution is 2.33. The number of hydrogen-bond acceptors (Lipinski definition) is 7. The number of benzene rings is 1. The number of pyridine rings is 1. The van der Waals surface area contributed by atoms with E-state index in [0.29, 0.717) is 18.8 Å². The van der Waals surface area contributed by atoms with Gasteiger partial charge in [0, 0.05) is 26.1 Å². The first-order chi connectivity index (χ1) is 12.9. The Balaban J connectivity index is 2.37. The summed E-state index contributed by atoms with van der Waals surface area (Å²) in [4.78, 5) is 29.2. The molecule has 1 aromatic carbocycles. The fraction of sp³-hybridized carbons (Fsp3) is 0.278. The second-order valence-corrected chi connectivity index (χ2v) is 5.50. The molecule has 2 aromatic rings. The maximum absolute atomic E-state index is 12.2. The molecule has 0 aliphatic rings. The van der Waals surface area contributed by atoms with Crippen molar-refractivity contribution >= 4 is 35.0 Å². The van der Waals surface area contributed by atoms with Crippen molar-refractivity contribution < 1.29 is 14.3 Å². The highest BCUT2D eigenvalue weighted by atomic mass is 16.6. The molecule has 0 saturated carbocycles. The Morgan fingerprint density at radius 2 is 1.85 bits per heavy atom. The Morgan fingerprint density at radius 1 is 1.19 bits per heavy atom. The fourth-order valence-corrected chi connectivity index (χ4v) is 2.16. The van der Waals surface area contributed by atoms with Crippen LogP contribution in [0.2, 0.25) is 0 Å². The molecule has 9 heteroatoms. The molecule has 0 radical (unpaired) electrons. The van der Waals surface area contributed by atoms with Gasteiger partial charge in [-0.25, -0.2) is 9.78 Å². The number of anilines is 2. The third-order valence-corrected chi connectivity index (χ3v) is 3.54. The summed E-state index contributed by atoms with van der Waals surface area (Å²) in [5.41, 5.74) is 6.70. The molecule has 27 heavy (non-hydrogen) atoms.